The third-order valence-corrected chi connectivity index (χ3v) is 8.52. The Kier molecular flexibility index (Phi) is 8.07. The van der Waals surface area contributed by atoms with E-state index in [4.69, 9.17) is 15.2 Å². The number of alkyl carbamates (subject to hydrolysis) is 1. The Morgan fingerprint density at radius 3 is 2.47 bits per heavy atom. The first kappa shape index (κ1) is 26.3. The number of piperidine rings is 1. The van der Waals surface area contributed by atoms with Crippen molar-refractivity contribution in [3.63, 3.8) is 0 Å². The van der Waals surface area contributed by atoms with E-state index in [1.807, 2.05) is 6.07 Å². The van der Waals surface area contributed by atoms with Crippen LogP contribution in [0.5, 0.6) is 5.75 Å². The van der Waals surface area contributed by atoms with E-state index in [-0.39, 0.29) is 12.5 Å². The second-order valence-electron chi connectivity index (χ2n) is 10.8. The van der Waals surface area contributed by atoms with Gasteiger partial charge >= 0.3 is 12.2 Å². The number of hydrogen-bond donors (Lipinski definition) is 2. The number of carbonyl (C=O) groups excluding carboxylic acids is 3. The van der Waals surface area contributed by atoms with Crippen LogP contribution in [0.4, 0.5) is 9.59 Å². The summed E-state index contributed by atoms with van der Waals surface area (Å²) < 4.78 is 10.3. The average Bonchev–Trinajstić information content (AvgIpc) is 2.87. The molecule has 198 valence electrons. The van der Waals surface area contributed by atoms with E-state index in [9.17, 15) is 14.4 Å². The summed E-state index contributed by atoms with van der Waals surface area (Å²) in [6.45, 7) is 7.19. The maximum absolute atomic E-state index is 13.9. The van der Waals surface area contributed by atoms with Crippen molar-refractivity contribution >= 4 is 18.1 Å². The number of primary amides is 1. The fourth-order valence-electron chi connectivity index (χ4n) is 6.43. The van der Waals surface area contributed by atoms with Crippen molar-refractivity contribution in [1.29, 1.82) is 0 Å². The summed E-state index contributed by atoms with van der Waals surface area (Å²) in [7, 11) is 1.50. The number of benzene rings is 1. The van der Waals surface area contributed by atoms with Crippen molar-refractivity contribution in [3.05, 3.63) is 29.3 Å². The van der Waals surface area contributed by atoms with Crippen LogP contribution in [0.3, 0.4) is 0 Å². The molecule has 4 rings (SSSR count). The van der Waals surface area contributed by atoms with Gasteiger partial charge < -0.3 is 30.3 Å². The first-order chi connectivity index (χ1) is 17.2. The van der Waals surface area contributed by atoms with Crippen LogP contribution in [-0.2, 0) is 21.5 Å². The molecule has 1 saturated heterocycles. The lowest BCUT2D eigenvalue weighted by molar-refractivity contribution is -0.142. The Hall–Kier alpha value is -2.81. The van der Waals surface area contributed by atoms with Crippen molar-refractivity contribution in [2.24, 2.45) is 17.6 Å². The SMILES string of the molecule is CNC(=O)OCCN1Cc2cc(OC(N)=O)ccc2C2(CCN([C@H]3CC[C@@H](C(C)C)CC3)CC2)C1=O. The molecule has 1 spiro atoms. The van der Waals surface area contributed by atoms with Crippen LogP contribution < -0.4 is 15.8 Å². The number of likely N-dealkylation sites (tertiary alicyclic amines) is 1. The molecule has 0 atom stereocenters. The van der Waals surface area contributed by atoms with Gasteiger partial charge in [-0.05, 0) is 86.7 Å². The number of hydrogen-bond acceptors (Lipinski definition) is 6. The number of ether oxygens (including phenoxy) is 2. The van der Waals surface area contributed by atoms with Gasteiger partial charge in [-0.3, -0.25) is 4.79 Å². The van der Waals surface area contributed by atoms with Gasteiger partial charge in [0.05, 0.1) is 12.0 Å². The third-order valence-electron chi connectivity index (χ3n) is 8.52. The third kappa shape index (κ3) is 5.45. The van der Waals surface area contributed by atoms with Crippen LogP contribution >= 0.6 is 0 Å². The van der Waals surface area contributed by atoms with Crippen LogP contribution in [0, 0.1) is 11.8 Å². The van der Waals surface area contributed by atoms with Gasteiger partial charge in [0, 0.05) is 19.6 Å². The van der Waals surface area contributed by atoms with E-state index in [1.54, 1.807) is 17.0 Å². The number of fused-ring (bicyclic) bond motifs is 2. The molecular weight excluding hydrogens is 460 g/mol. The highest BCUT2D eigenvalue weighted by molar-refractivity contribution is 5.90. The van der Waals surface area contributed by atoms with E-state index in [2.05, 4.69) is 24.1 Å². The van der Waals surface area contributed by atoms with Crippen LogP contribution in [0.2, 0.25) is 0 Å². The largest absolute Gasteiger partial charge is 0.448 e. The van der Waals surface area contributed by atoms with E-state index >= 15 is 0 Å². The molecule has 2 aliphatic heterocycles. The van der Waals surface area contributed by atoms with Crippen molar-refractivity contribution in [1.82, 2.24) is 15.1 Å². The average molecular weight is 501 g/mol. The molecule has 3 N–H and O–H groups in total. The van der Waals surface area contributed by atoms with Crippen molar-refractivity contribution < 1.29 is 23.9 Å². The molecular formula is C27H40N4O5. The Morgan fingerprint density at radius 1 is 1.17 bits per heavy atom. The Bertz CT molecular complexity index is 965. The lowest BCUT2D eigenvalue weighted by Crippen LogP contribution is -2.57. The summed E-state index contributed by atoms with van der Waals surface area (Å²) >= 11 is 0. The van der Waals surface area contributed by atoms with Crippen LogP contribution in [0.15, 0.2) is 18.2 Å². The van der Waals surface area contributed by atoms with Crippen LogP contribution in [0.25, 0.3) is 0 Å². The lowest BCUT2D eigenvalue weighted by Gasteiger charge is -2.49. The molecule has 1 aliphatic carbocycles. The molecule has 3 aliphatic rings. The predicted molar refractivity (Wildman–Crippen MR) is 136 cm³/mol. The Labute approximate surface area is 213 Å². The molecule has 9 heteroatoms. The second kappa shape index (κ2) is 11.1. The fraction of sp³-hybridized carbons (Fsp3) is 0.667. The van der Waals surface area contributed by atoms with Crippen LogP contribution in [0.1, 0.15) is 63.5 Å². The molecule has 36 heavy (non-hydrogen) atoms. The zero-order chi connectivity index (χ0) is 25.9. The number of amides is 3. The van der Waals surface area contributed by atoms with Gasteiger partial charge in [0.1, 0.15) is 12.4 Å². The highest BCUT2D eigenvalue weighted by Gasteiger charge is 2.49. The number of nitrogens with zero attached hydrogens (tertiary/aromatic N) is 2. The summed E-state index contributed by atoms with van der Waals surface area (Å²) in [4.78, 5) is 41.1. The minimum absolute atomic E-state index is 0.0854. The van der Waals surface area contributed by atoms with E-state index in [0.29, 0.717) is 24.9 Å². The molecule has 0 unspecified atom stereocenters. The maximum atomic E-state index is 13.9. The van der Waals surface area contributed by atoms with E-state index in [1.165, 1.54) is 32.7 Å². The normalized spacial score (nSPS) is 23.9. The van der Waals surface area contributed by atoms with E-state index < -0.39 is 17.6 Å². The van der Waals surface area contributed by atoms with Gasteiger partial charge in [-0.25, -0.2) is 9.59 Å². The van der Waals surface area contributed by atoms with Crippen molar-refractivity contribution in [2.45, 2.75) is 70.4 Å². The molecule has 9 nitrogen and oxygen atoms in total. The van der Waals surface area contributed by atoms with Gasteiger partial charge in [-0.2, -0.15) is 0 Å². The minimum atomic E-state index is -0.868. The van der Waals surface area contributed by atoms with Crippen LogP contribution in [-0.4, -0.2) is 67.2 Å². The summed E-state index contributed by atoms with van der Waals surface area (Å²) in [6.07, 6.45) is 5.13. The highest BCUT2D eigenvalue weighted by atomic mass is 16.6. The molecule has 3 amide bonds. The molecule has 2 heterocycles. The summed E-state index contributed by atoms with van der Waals surface area (Å²) in [5, 5.41) is 2.43. The van der Waals surface area contributed by atoms with Crippen molar-refractivity contribution in [3.8, 4) is 5.75 Å². The van der Waals surface area contributed by atoms with Gasteiger partial charge in [0.25, 0.3) is 0 Å². The molecule has 1 aromatic rings. The molecule has 1 aromatic carbocycles. The summed E-state index contributed by atoms with van der Waals surface area (Å²) in [5.74, 6) is 2.02. The first-order valence-corrected chi connectivity index (χ1v) is 13.2. The van der Waals surface area contributed by atoms with E-state index in [0.717, 1.165) is 48.9 Å². The van der Waals surface area contributed by atoms with Gasteiger partial charge in [-0.15, -0.1) is 0 Å². The first-order valence-electron chi connectivity index (χ1n) is 13.2. The molecule has 2 fully saturated rings. The number of carbonyl (C=O) groups is 3. The Morgan fingerprint density at radius 2 is 1.86 bits per heavy atom. The minimum Gasteiger partial charge on any atom is -0.448 e. The van der Waals surface area contributed by atoms with Gasteiger partial charge in [-0.1, -0.05) is 19.9 Å². The fourth-order valence-corrected chi connectivity index (χ4v) is 6.43. The number of rotatable bonds is 6. The number of nitrogens with one attached hydrogen (secondary N) is 1. The standard InChI is InChI=1S/C27H40N4O5/c1-18(2)19-4-6-21(7-5-19)30-12-10-27(11-13-30)23-9-8-22(36-25(28)33)16-20(23)17-31(24(27)32)14-15-35-26(34)29-3/h8-9,16,18-19,21H,4-7,10-15,17H2,1-3H3,(H2,28,33)(H,29,34)/t19-,21+. The number of nitrogens with two attached hydrogens (primary N) is 1. The van der Waals surface area contributed by atoms with Gasteiger partial charge in [0.15, 0.2) is 0 Å². The summed E-state index contributed by atoms with van der Waals surface area (Å²) in [5.41, 5.74) is 6.55. The highest BCUT2D eigenvalue weighted by Crippen LogP contribution is 2.45. The topological polar surface area (TPSA) is 114 Å². The lowest BCUT2D eigenvalue weighted by atomic mass is 9.67. The quantitative estimate of drug-likeness (QED) is 0.619. The predicted octanol–water partition coefficient (Wildman–Crippen LogP) is 3.39. The molecule has 0 aromatic heterocycles. The summed E-state index contributed by atoms with van der Waals surface area (Å²) in [6, 6.07) is 6.05. The van der Waals surface area contributed by atoms with Crippen molar-refractivity contribution in [2.75, 3.05) is 33.3 Å². The Balaban J connectivity index is 1.52. The zero-order valence-corrected chi connectivity index (χ0v) is 21.8. The monoisotopic (exact) mass is 500 g/mol. The second-order valence-corrected chi connectivity index (χ2v) is 10.8. The molecule has 0 radical (unpaired) electrons. The molecule has 0 bridgehead atoms. The maximum Gasteiger partial charge on any atom is 0.409 e. The zero-order valence-electron chi connectivity index (χ0n) is 21.8. The van der Waals surface area contributed by atoms with Gasteiger partial charge in [0.2, 0.25) is 5.91 Å². The smallest absolute Gasteiger partial charge is 0.409 e. The molecule has 1 saturated carbocycles.